The van der Waals surface area contributed by atoms with Crippen LogP contribution in [-0.2, 0) is 14.3 Å². The zero-order valence-corrected chi connectivity index (χ0v) is 25.5. The number of piperidine rings is 1. The number of aryl methyl sites for hydroxylation is 1. The molecule has 0 radical (unpaired) electrons. The van der Waals surface area contributed by atoms with Crippen molar-refractivity contribution >= 4 is 52.1 Å². The Morgan fingerprint density at radius 3 is 2.51 bits per heavy atom. The molecule has 2 atom stereocenters. The largest absolute Gasteiger partial charge is 0.490 e. The first-order valence-electron chi connectivity index (χ1n) is 13.9. The molecule has 0 saturated carbocycles. The summed E-state index contributed by atoms with van der Waals surface area (Å²) in [7, 11) is 0. The van der Waals surface area contributed by atoms with Crippen LogP contribution in [0.1, 0.15) is 44.0 Å². The number of ether oxygens (including phenoxy) is 1. The van der Waals surface area contributed by atoms with Crippen molar-refractivity contribution < 1.29 is 32.6 Å². The number of nitrogens with zero attached hydrogens (tertiary/aromatic N) is 6. The highest BCUT2D eigenvalue weighted by molar-refractivity contribution is 6.35. The molecular weight excluding hydrogens is 612 g/mol. The van der Waals surface area contributed by atoms with Gasteiger partial charge in [-0.1, -0.05) is 29.3 Å². The van der Waals surface area contributed by atoms with Gasteiger partial charge in [0, 0.05) is 29.7 Å². The van der Waals surface area contributed by atoms with Crippen LogP contribution in [0.2, 0.25) is 10.0 Å². The Hall–Kier alpha value is -3.16. The Balaban J connectivity index is 0.000000541. The lowest BCUT2D eigenvalue weighted by Gasteiger charge is -2.46. The minimum absolute atomic E-state index is 0.118. The normalized spacial score (nSPS) is 18.5. The number of carboxylic acids is 1. The van der Waals surface area contributed by atoms with Crippen LogP contribution in [0, 0.1) is 18.8 Å². The number of aliphatic carboxylic acids is 1. The number of benzene rings is 1. The quantitative estimate of drug-likeness (QED) is 0.338. The summed E-state index contributed by atoms with van der Waals surface area (Å²) in [5.41, 5.74) is 3.33. The topological polar surface area (TPSA) is 114 Å². The highest BCUT2D eigenvalue weighted by Gasteiger charge is 2.38. The van der Waals surface area contributed by atoms with Crippen LogP contribution in [0.3, 0.4) is 0 Å². The van der Waals surface area contributed by atoms with E-state index in [4.69, 9.17) is 52.9 Å². The number of aromatic nitrogens is 4. The SMILES string of the molecule is CCOC(=O)CN1CCC[C@@H](C2CN(c3cnc4c(C)nn(C(C)c5ccc(Cl)cc5Cl)c4n3)C2)C1.O=C(O)C(F)(F)F. The molecule has 43 heavy (non-hydrogen) atoms. The Bertz CT molecular complexity index is 1460. The van der Waals surface area contributed by atoms with E-state index in [-0.39, 0.29) is 12.0 Å². The number of carboxylic acid groups (broad SMARTS) is 1. The second-order valence-corrected chi connectivity index (χ2v) is 11.5. The van der Waals surface area contributed by atoms with Crippen LogP contribution in [0.4, 0.5) is 19.0 Å². The summed E-state index contributed by atoms with van der Waals surface area (Å²) in [4.78, 5) is 35.0. The number of alkyl halides is 3. The fourth-order valence-electron chi connectivity index (χ4n) is 5.44. The van der Waals surface area contributed by atoms with Gasteiger partial charge in [-0.3, -0.25) is 9.69 Å². The summed E-state index contributed by atoms with van der Waals surface area (Å²) in [6.07, 6.45) is -0.907. The molecule has 10 nitrogen and oxygen atoms in total. The molecule has 2 aliphatic rings. The second-order valence-electron chi connectivity index (χ2n) is 10.7. The lowest BCUT2D eigenvalue weighted by atomic mass is 9.80. The van der Waals surface area contributed by atoms with Crippen molar-refractivity contribution in [3.8, 4) is 0 Å². The van der Waals surface area contributed by atoms with Crippen LogP contribution in [-0.4, -0.2) is 87.2 Å². The highest BCUT2D eigenvalue weighted by atomic mass is 35.5. The maximum absolute atomic E-state index is 11.9. The number of carbonyl (C=O) groups excluding carboxylic acids is 1. The second kappa shape index (κ2) is 13.6. The van der Waals surface area contributed by atoms with E-state index in [1.54, 1.807) is 6.07 Å². The number of hydrogen-bond acceptors (Lipinski definition) is 8. The molecule has 1 aromatic carbocycles. The predicted octanol–water partition coefficient (Wildman–Crippen LogP) is 5.40. The molecule has 15 heteroatoms. The number of halogens is 5. The monoisotopic (exact) mass is 644 g/mol. The average molecular weight is 646 g/mol. The van der Waals surface area contributed by atoms with Crippen LogP contribution in [0.25, 0.3) is 11.2 Å². The summed E-state index contributed by atoms with van der Waals surface area (Å²) in [6, 6.07) is 5.41. The van der Waals surface area contributed by atoms with E-state index < -0.39 is 12.1 Å². The van der Waals surface area contributed by atoms with Crippen LogP contribution < -0.4 is 4.90 Å². The van der Waals surface area contributed by atoms with Crippen molar-refractivity contribution in [2.45, 2.75) is 45.8 Å². The lowest BCUT2D eigenvalue weighted by molar-refractivity contribution is -0.192. The van der Waals surface area contributed by atoms with Gasteiger partial charge in [-0.15, -0.1) is 0 Å². The highest BCUT2D eigenvalue weighted by Crippen LogP contribution is 2.35. The van der Waals surface area contributed by atoms with E-state index in [0.29, 0.717) is 35.0 Å². The third-order valence-electron chi connectivity index (χ3n) is 7.68. The zero-order valence-electron chi connectivity index (χ0n) is 23.9. The van der Waals surface area contributed by atoms with Crippen LogP contribution in [0.15, 0.2) is 24.4 Å². The number of esters is 1. The molecule has 0 amide bonds. The zero-order chi connectivity index (χ0) is 31.5. The van der Waals surface area contributed by atoms with Gasteiger partial charge in [0.15, 0.2) is 5.65 Å². The van der Waals surface area contributed by atoms with Gasteiger partial charge in [0.05, 0.1) is 31.1 Å². The fraction of sp³-hybridized carbons (Fsp3) is 0.536. The third kappa shape index (κ3) is 7.87. The van der Waals surface area contributed by atoms with E-state index >= 15 is 0 Å². The van der Waals surface area contributed by atoms with E-state index in [2.05, 4.69) is 16.7 Å². The van der Waals surface area contributed by atoms with Crippen molar-refractivity contribution in [1.82, 2.24) is 24.6 Å². The minimum Gasteiger partial charge on any atom is -0.475 e. The number of anilines is 1. The Morgan fingerprint density at radius 1 is 1.19 bits per heavy atom. The van der Waals surface area contributed by atoms with Crippen molar-refractivity contribution in [2.75, 3.05) is 44.2 Å². The van der Waals surface area contributed by atoms with Crippen molar-refractivity contribution in [1.29, 1.82) is 0 Å². The molecule has 0 spiro atoms. The summed E-state index contributed by atoms with van der Waals surface area (Å²) in [6.45, 7) is 10.5. The maximum atomic E-state index is 11.9. The van der Waals surface area contributed by atoms with Gasteiger partial charge in [-0.2, -0.15) is 18.3 Å². The number of rotatable bonds is 7. The van der Waals surface area contributed by atoms with Crippen LogP contribution in [0.5, 0.6) is 0 Å². The molecule has 0 aliphatic carbocycles. The summed E-state index contributed by atoms with van der Waals surface area (Å²) in [5, 5.41) is 13.1. The summed E-state index contributed by atoms with van der Waals surface area (Å²) >= 11 is 12.6. The Kier molecular flexibility index (Phi) is 10.4. The van der Waals surface area contributed by atoms with Crippen molar-refractivity contribution in [2.24, 2.45) is 11.8 Å². The van der Waals surface area contributed by atoms with E-state index in [1.807, 2.05) is 36.9 Å². The summed E-state index contributed by atoms with van der Waals surface area (Å²) in [5.74, 6) is -0.842. The lowest BCUT2D eigenvalue weighted by Crippen LogP contribution is -2.54. The first-order valence-corrected chi connectivity index (χ1v) is 14.6. The molecule has 2 saturated heterocycles. The Morgan fingerprint density at radius 2 is 1.88 bits per heavy atom. The number of carbonyl (C=O) groups is 2. The molecular formula is C28H33Cl2F3N6O4. The van der Waals surface area contributed by atoms with Gasteiger partial charge in [-0.25, -0.2) is 19.4 Å². The molecule has 1 N–H and O–H groups in total. The third-order valence-corrected chi connectivity index (χ3v) is 8.24. The molecule has 1 unspecified atom stereocenters. The summed E-state index contributed by atoms with van der Waals surface area (Å²) < 4.78 is 38.8. The number of likely N-dealkylation sites (tertiary alicyclic amines) is 1. The minimum atomic E-state index is -5.08. The van der Waals surface area contributed by atoms with Gasteiger partial charge in [0.25, 0.3) is 0 Å². The first-order chi connectivity index (χ1) is 20.3. The molecule has 0 bridgehead atoms. The van der Waals surface area contributed by atoms with Gasteiger partial charge in [0.2, 0.25) is 0 Å². The number of fused-ring (bicyclic) bond motifs is 1. The molecule has 2 fully saturated rings. The van der Waals surface area contributed by atoms with Crippen molar-refractivity contribution in [3.63, 3.8) is 0 Å². The fourth-order valence-corrected chi connectivity index (χ4v) is 6.01. The van der Waals surface area contributed by atoms with Gasteiger partial charge in [0.1, 0.15) is 11.3 Å². The van der Waals surface area contributed by atoms with E-state index in [9.17, 15) is 18.0 Å². The molecule has 5 rings (SSSR count). The molecule has 234 valence electrons. The molecule has 4 heterocycles. The van der Waals surface area contributed by atoms with Gasteiger partial charge in [-0.05, 0) is 69.7 Å². The van der Waals surface area contributed by atoms with E-state index in [0.717, 1.165) is 60.8 Å². The molecule has 3 aromatic rings. The van der Waals surface area contributed by atoms with Crippen molar-refractivity contribution in [3.05, 3.63) is 45.7 Å². The first kappa shape index (κ1) is 32.7. The smallest absolute Gasteiger partial charge is 0.475 e. The maximum Gasteiger partial charge on any atom is 0.490 e. The Labute approximate surface area is 256 Å². The predicted molar refractivity (Wildman–Crippen MR) is 156 cm³/mol. The standard InChI is InChI=1S/C26H32Cl2N6O2.C2HF3O2/c1-4-36-24(35)15-32-9-5-6-18(12-32)19-13-33(14-19)23-11-29-25-16(2)31-34(26(25)30-23)17(3)21-8-7-20(27)10-22(21)28;3-2(4,5)1(6)7/h7-8,10-11,17-19H,4-6,9,12-15H2,1-3H3;(H,6,7)/t17?,18-;/m1./s1. The number of hydrogen-bond donors (Lipinski definition) is 1. The molecule has 2 aromatic heterocycles. The van der Waals surface area contributed by atoms with Gasteiger partial charge >= 0.3 is 18.1 Å². The van der Waals surface area contributed by atoms with Gasteiger partial charge < -0.3 is 14.7 Å². The van der Waals surface area contributed by atoms with E-state index in [1.165, 1.54) is 6.42 Å². The average Bonchev–Trinajstić information content (AvgIpc) is 3.23. The molecule has 2 aliphatic heterocycles. The van der Waals surface area contributed by atoms with Crippen LogP contribution >= 0.6 is 23.2 Å².